The van der Waals surface area contributed by atoms with E-state index in [1.54, 1.807) is 0 Å². The summed E-state index contributed by atoms with van der Waals surface area (Å²) in [6.07, 6.45) is 2.78. The fourth-order valence-corrected chi connectivity index (χ4v) is 1.78. The summed E-state index contributed by atoms with van der Waals surface area (Å²) in [5.41, 5.74) is 8.62. The lowest BCUT2D eigenvalue weighted by Gasteiger charge is -2.00. The Morgan fingerprint density at radius 1 is 1.57 bits per heavy atom. The third-order valence-corrected chi connectivity index (χ3v) is 2.50. The molecule has 0 saturated heterocycles. The van der Waals surface area contributed by atoms with E-state index < -0.39 is 0 Å². The van der Waals surface area contributed by atoms with Gasteiger partial charge in [0.15, 0.2) is 0 Å². The second-order valence-corrected chi connectivity index (χ2v) is 3.69. The van der Waals surface area contributed by atoms with E-state index >= 15 is 0 Å². The minimum absolute atomic E-state index is 0.636. The zero-order valence-corrected chi connectivity index (χ0v) is 8.75. The Bertz CT molecular complexity index is 462. The third-order valence-electron chi connectivity index (χ3n) is 2.27. The monoisotopic (exact) mass is 209 g/mol. The highest BCUT2D eigenvalue weighted by atomic mass is 35.5. The second-order valence-electron chi connectivity index (χ2n) is 3.26. The van der Waals surface area contributed by atoms with Crippen LogP contribution in [0.15, 0.2) is 18.3 Å². The number of fused-ring (bicyclic) bond motifs is 1. The maximum Gasteiger partial charge on any atom is 0.138 e. The number of imidazole rings is 1. The van der Waals surface area contributed by atoms with Crippen molar-refractivity contribution >= 4 is 17.2 Å². The summed E-state index contributed by atoms with van der Waals surface area (Å²) in [6.45, 7) is 2.63. The molecule has 3 nitrogen and oxygen atoms in total. The molecule has 2 rings (SSSR count). The molecule has 0 aromatic carbocycles. The van der Waals surface area contributed by atoms with Crippen molar-refractivity contribution < 1.29 is 0 Å². The zero-order valence-electron chi connectivity index (χ0n) is 8.00. The van der Waals surface area contributed by atoms with E-state index in [4.69, 9.17) is 17.3 Å². The second kappa shape index (κ2) is 3.59. The first-order valence-corrected chi connectivity index (χ1v) is 4.93. The van der Waals surface area contributed by atoms with Crippen molar-refractivity contribution in [3.8, 4) is 0 Å². The van der Waals surface area contributed by atoms with Crippen molar-refractivity contribution in [1.82, 2.24) is 9.38 Å². The summed E-state index contributed by atoms with van der Waals surface area (Å²) >= 11 is 5.88. The lowest BCUT2D eigenvalue weighted by atomic mass is 10.2. The molecule has 0 saturated carbocycles. The standard InChI is InChI=1S/C10H12ClN3/c1-7-9(2-4-12)14-5-3-8(11)6-10(14)13-7/h3,5-6H,2,4,12H2,1H3. The van der Waals surface area contributed by atoms with Crippen LogP contribution in [0.1, 0.15) is 11.4 Å². The number of halogens is 1. The highest BCUT2D eigenvalue weighted by Crippen LogP contribution is 2.16. The first-order valence-electron chi connectivity index (χ1n) is 4.55. The van der Waals surface area contributed by atoms with Crippen LogP contribution in [0.2, 0.25) is 5.02 Å². The molecule has 2 N–H and O–H groups in total. The van der Waals surface area contributed by atoms with E-state index in [1.807, 2.05) is 29.7 Å². The molecule has 0 atom stereocenters. The van der Waals surface area contributed by atoms with Gasteiger partial charge in [0, 0.05) is 29.4 Å². The average molecular weight is 210 g/mol. The van der Waals surface area contributed by atoms with Gasteiger partial charge in [0.2, 0.25) is 0 Å². The van der Waals surface area contributed by atoms with Crippen LogP contribution in [0.25, 0.3) is 5.65 Å². The summed E-state index contributed by atoms with van der Waals surface area (Å²) in [5.74, 6) is 0. The van der Waals surface area contributed by atoms with E-state index in [0.717, 1.165) is 17.8 Å². The molecule has 0 bridgehead atoms. The van der Waals surface area contributed by atoms with Gasteiger partial charge in [0.25, 0.3) is 0 Å². The molecular weight excluding hydrogens is 198 g/mol. The van der Waals surface area contributed by atoms with Gasteiger partial charge in [-0.2, -0.15) is 0 Å². The Morgan fingerprint density at radius 3 is 3.07 bits per heavy atom. The van der Waals surface area contributed by atoms with E-state index in [1.165, 1.54) is 5.69 Å². The molecule has 0 aliphatic heterocycles. The average Bonchev–Trinajstić information content (AvgIpc) is 2.43. The fraction of sp³-hybridized carbons (Fsp3) is 0.300. The SMILES string of the molecule is Cc1nc2cc(Cl)ccn2c1CCN. The zero-order chi connectivity index (χ0) is 10.1. The molecule has 74 valence electrons. The van der Waals surface area contributed by atoms with Gasteiger partial charge in [-0.15, -0.1) is 0 Å². The molecule has 0 amide bonds. The summed E-state index contributed by atoms with van der Waals surface area (Å²) in [6, 6.07) is 3.71. The number of aromatic nitrogens is 2. The number of aryl methyl sites for hydroxylation is 1. The van der Waals surface area contributed by atoms with Gasteiger partial charge < -0.3 is 10.1 Å². The number of hydrogen-bond acceptors (Lipinski definition) is 2. The Morgan fingerprint density at radius 2 is 2.36 bits per heavy atom. The lowest BCUT2D eigenvalue weighted by molar-refractivity contribution is 0.894. The van der Waals surface area contributed by atoms with E-state index in [0.29, 0.717) is 11.6 Å². The molecule has 4 heteroatoms. The van der Waals surface area contributed by atoms with Crippen LogP contribution in [0.4, 0.5) is 0 Å². The highest BCUT2D eigenvalue weighted by molar-refractivity contribution is 6.30. The van der Waals surface area contributed by atoms with Crippen molar-refractivity contribution in [3.05, 3.63) is 34.7 Å². The first-order chi connectivity index (χ1) is 6.72. The van der Waals surface area contributed by atoms with Crippen LogP contribution in [0.5, 0.6) is 0 Å². The first kappa shape index (κ1) is 9.49. The molecule has 0 aliphatic carbocycles. The molecule has 0 aliphatic rings. The van der Waals surface area contributed by atoms with Crippen molar-refractivity contribution in [1.29, 1.82) is 0 Å². The van der Waals surface area contributed by atoms with Crippen LogP contribution in [0.3, 0.4) is 0 Å². The topological polar surface area (TPSA) is 43.3 Å². The maximum atomic E-state index is 5.88. The molecule has 2 aromatic rings. The van der Waals surface area contributed by atoms with Crippen molar-refractivity contribution in [2.75, 3.05) is 6.54 Å². The maximum absolute atomic E-state index is 5.88. The summed E-state index contributed by atoms with van der Waals surface area (Å²) in [4.78, 5) is 4.42. The minimum Gasteiger partial charge on any atom is -0.330 e. The molecule has 0 spiro atoms. The van der Waals surface area contributed by atoms with E-state index in [2.05, 4.69) is 4.98 Å². The van der Waals surface area contributed by atoms with Gasteiger partial charge in [-0.25, -0.2) is 4.98 Å². The molecular formula is C10H12ClN3. The fourth-order valence-electron chi connectivity index (χ4n) is 1.63. The molecule has 14 heavy (non-hydrogen) atoms. The summed E-state index contributed by atoms with van der Waals surface area (Å²) in [5, 5.41) is 0.710. The number of pyridine rings is 1. The van der Waals surface area contributed by atoms with Crippen LogP contribution >= 0.6 is 11.6 Å². The number of hydrogen-bond donors (Lipinski definition) is 1. The van der Waals surface area contributed by atoms with Crippen molar-refractivity contribution in [3.63, 3.8) is 0 Å². The molecule has 0 radical (unpaired) electrons. The largest absolute Gasteiger partial charge is 0.330 e. The van der Waals surface area contributed by atoms with Crippen LogP contribution in [-0.2, 0) is 6.42 Å². The third kappa shape index (κ3) is 1.49. The number of nitrogens with two attached hydrogens (primary N) is 1. The molecule has 2 heterocycles. The Labute approximate surface area is 87.5 Å². The highest BCUT2D eigenvalue weighted by Gasteiger charge is 2.07. The van der Waals surface area contributed by atoms with Gasteiger partial charge in [0.05, 0.1) is 5.69 Å². The van der Waals surface area contributed by atoms with Gasteiger partial charge in [-0.05, 0) is 19.5 Å². The van der Waals surface area contributed by atoms with Gasteiger partial charge in [-0.1, -0.05) is 11.6 Å². The quantitative estimate of drug-likeness (QED) is 0.820. The smallest absolute Gasteiger partial charge is 0.138 e. The van der Waals surface area contributed by atoms with Crippen LogP contribution in [-0.4, -0.2) is 15.9 Å². The number of rotatable bonds is 2. The van der Waals surface area contributed by atoms with Gasteiger partial charge >= 0.3 is 0 Å². The van der Waals surface area contributed by atoms with Crippen LogP contribution < -0.4 is 5.73 Å². The summed E-state index contributed by atoms with van der Waals surface area (Å²) in [7, 11) is 0. The van der Waals surface area contributed by atoms with Crippen LogP contribution in [0, 0.1) is 6.92 Å². The molecule has 2 aromatic heterocycles. The molecule has 0 unspecified atom stereocenters. The normalized spacial score (nSPS) is 11.1. The lowest BCUT2D eigenvalue weighted by Crippen LogP contribution is -2.06. The Kier molecular flexibility index (Phi) is 2.44. The predicted octanol–water partition coefficient (Wildman–Crippen LogP) is 1.80. The van der Waals surface area contributed by atoms with Gasteiger partial charge in [-0.3, -0.25) is 0 Å². The van der Waals surface area contributed by atoms with Crippen molar-refractivity contribution in [2.45, 2.75) is 13.3 Å². The van der Waals surface area contributed by atoms with E-state index in [-0.39, 0.29) is 0 Å². The minimum atomic E-state index is 0.636. The number of nitrogens with zero attached hydrogens (tertiary/aromatic N) is 2. The van der Waals surface area contributed by atoms with Gasteiger partial charge in [0.1, 0.15) is 5.65 Å². The Balaban J connectivity index is 2.64. The Hall–Kier alpha value is -1.06. The summed E-state index contributed by atoms with van der Waals surface area (Å²) < 4.78 is 2.04. The van der Waals surface area contributed by atoms with E-state index in [9.17, 15) is 0 Å². The predicted molar refractivity (Wildman–Crippen MR) is 57.7 cm³/mol. The van der Waals surface area contributed by atoms with Crippen molar-refractivity contribution in [2.24, 2.45) is 5.73 Å². The molecule has 0 fully saturated rings.